The van der Waals surface area contributed by atoms with Crippen molar-refractivity contribution < 1.29 is 18.9 Å². The Kier molecular flexibility index (Phi) is 6.86. The molecule has 0 radical (unpaired) electrons. The number of fused-ring (bicyclic) bond motifs is 1. The topological polar surface area (TPSA) is 77.6 Å². The summed E-state index contributed by atoms with van der Waals surface area (Å²) < 4.78 is 22.1. The summed E-state index contributed by atoms with van der Waals surface area (Å²) in [5.74, 6) is 3.23. The Hall–Kier alpha value is -3.97. The summed E-state index contributed by atoms with van der Waals surface area (Å²) in [6.45, 7) is 1.78. The van der Waals surface area contributed by atoms with Crippen molar-refractivity contribution in [2.75, 3.05) is 27.4 Å². The third kappa shape index (κ3) is 5.25. The highest BCUT2D eigenvalue weighted by molar-refractivity contribution is 5.66. The molecule has 3 aromatic carbocycles. The van der Waals surface area contributed by atoms with Crippen LogP contribution in [0.1, 0.15) is 22.7 Å². The average molecular weight is 472 g/mol. The molecule has 2 N–H and O–H groups in total. The molecular formula is C28H29N3O4. The van der Waals surface area contributed by atoms with E-state index in [9.17, 15) is 0 Å². The molecule has 1 aliphatic rings. The number of benzene rings is 3. The van der Waals surface area contributed by atoms with Crippen molar-refractivity contribution in [3.63, 3.8) is 0 Å². The van der Waals surface area contributed by atoms with Crippen LogP contribution in [0.5, 0.6) is 23.0 Å². The first-order valence-electron chi connectivity index (χ1n) is 11.7. The second-order valence-corrected chi connectivity index (χ2v) is 8.39. The van der Waals surface area contributed by atoms with Crippen LogP contribution < -0.4 is 24.3 Å². The van der Waals surface area contributed by atoms with Gasteiger partial charge in [-0.3, -0.25) is 5.10 Å². The van der Waals surface area contributed by atoms with Crippen molar-refractivity contribution in [2.45, 2.75) is 19.0 Å². The highest BCUT2D eigenvalue weighted by Gasteiger charge is 2.17. The van der Waals surface area contributed by atoms with Gasteiger partial charge in [0.25, 0.3) is 0 Å². The SMILES string of the molecule is COc1ccc(CC(NCc2cn[nH]c2-c2ccc3c(c2)OCCO3)c2ccc(OC)cc2)cc1. The van der Waals surface area contributed by atoms with Gasteiger partial charge in [0.15, 0.2) is 11.5 Å². The van der Waals surface area contributed by atoms with Gasteiger partial charge in [0.1, 0.15) is 24.7 Å². The third-order valence-corrected chi connectivity index (χ3v) is 6.20. The summed E-state index contributed by atoms with van der Waals surface area (Å²) in [7, 11) is 3.36. The van der Waals surface area contributed by atoms with E-state index in [-0.39, 0.29) is 6.04 Å². The molecule has 1 atom stereocenters. The van der Waals surface area contributed by atoms with Gasteiger partial charge in [0.05, 0.1) is 26.1 Å². The summed E-state index contributed by atoms with van der Waals surface area (Å²) in [6, 6.07) is 22.5. The largest absolute Gasteiger partial charge is 0.497 e. The number of nitrogens with one attached hydrogen (secondary N) is 2. The number of hydrogen-bond donors (Lipinski definition) is 2. The lowest BCUT2D eigenvalue weighted by molar-refractivity contribution is 0.171. The summed E-state index contributed by atoms with van der Waals surface area (Å²) >= 11 is 0. The molecule has 1 aromatic heterocycles. The van der Waals surface area contributed by atoms with Crippen LogP contribution in [0.3, 0.4) is 0 Å². The number of hydrogen-bond acceptors (Lipinski definition) is 6. The van der Waals surface area contributed by atoms with Gasteiger partial charge >= 0.3 is 0 Å². The van der Waals surface area contributed by atoms with E-state index >= 15 is 0 Å². The summed E-state index contributed by atoms with van der Waals surface area (Å²) in [5.41, 5.74) is 5.46. The minimum atomic E-state index is 0.0947. The Balaban J connectivity index is 1.36. The monoisotopic (exact) mass is 471 g/mol. The molecule has 7 heteroatoms. The van der Waals surface area contributed by atoms with Crippen LogP contribution in [-0.2, 0) is 13.0 Å². The molecule has 5 rings (SSSR count). The van der Waals surface area contributed by atoms with Crippen LogP contribution in [0, 0.1) is 0 Å². The van der Waals surface area contributed by atoms with Crippen LogP contribution in [0.4, 0.5) is 0 Å². The van der Waals surface area contributed by atoms with Gasteiger partial charge in [-0.2, -0.15) is 5.10 Å². The quantitative estimate of drug-likeness (QED) is 0.360. The van der Waals surface area contributed by atoms with E-state index in [1.165, 1.54) is 11.1 Å². The van der Waals surface area contributed by atoms with E-state index in [1.807, 2.05) is 48.7 Å². The van der Waals surface area contributed by atoms with Gasteiger partial charge in [-0.15, -0.1) is 0 Å². The van der Waals surface area contributed by atoms with Crippen molar-refractivity contribution in [1.82, 2.24) is 15.5 Å². The van der Waals surface area contributed by atoms with Gasteiger partial charge < -0.3 is 24.3 Å². The predicted octanol–water partition coefficient (Wildman–Crippen LogP) is 4.94. The second-order valence-electron chi connectivity index (χ2n) is 8.39. The first-order valence-corrected chi connectivity index (χ1v) is 11.7. The fourth-order valence-corrected chi connectivity index (χ4v) is 4.27. The van der Waals surface area contributed by atoms with Crippen molar-refractivity contribution in [1.29, 1.82) is 0 Å². The maximum absolute atomic E-state index is 5.77. The number of ether oxygens (including phenoxy) is 4. The number of aromatic amines is 1. The lowest BCUT2D eigenvalue weighted by atomic mass is 9.98. The molecule has 4 aromatic rings. The Bertz CT molecular complexity index is 1250. The van der Waals surface area contributed by atoms with Gasteiger partial charge in [-0.25, -0.2) is 0 Å². The molecule has 1 unspecified atom stereocenters. The number of methoxy groups -OCH3 is 2. The molecule has 0 aliphatic carbocycles. The van der Waals surface area contributed by atoms with Crippen molar-refractivity contribution >= 4 is 0 Å². The number of rotatable bonds is 9. The van der Waals surface area contributed by atoms with Gasteiger partial charge in [-0.05, 0) is 60.0 Å². The first kappa shape index (κ1) is 22.8. The Morgan fingerprint density at radius 2 is 1.57 bits per heavy atom. The molecule has 180 valence electrons. The lowest BCUT2D eigenvalue weighted by Crippen LogP contribution is -2.23. The van der Waals surface area contributed by atoms with Crippen molar-refractivity contribution in [3.05, 3.63) is 89.6 Å². The zero-order chi connectivity index (χ0) is 24.0. The molecular weight excluding hydrogens is 442 g/mol. The van der Waals surface area contributed by atoms with Crippen LogP contribution in [0.15, 0.2) is 72.9 Å². The zero-order valence-electron chi connectivity index (χ0n) is 19.9. The highest BCUT2D eigenvalue weighted by Crippen LogP contribution is 2.35. The fourth-order valence-electron chi connectivity index (χ4n) is 4.27. The summed E-state index contributed by atoms with van der Waals surface area (Å²) in [5, 5.41) is 11.2. The minimum Gasteiger partial charge on any atom is -0.497 e. The van der Waals surface area contributed by atoms with Crippen molar-refractivity contribution in [3.8, 4) is 34.3 Å². The van der Waals surface area contributed by atoms with E-state index in [2.05, 4.69) is 39.8 Å². The average Bonchev–Trinajstić information content (AvgIpc) is 3.40. The Morgan fingerprint density at radius 3 is 2.29 bits per heavy atom. The molecule has 0 fully saturated rings. The van der Waals surface area contributed by atoms with Gasteiger partial charge in [0.2, 0.25) is 0 Å². The maximum atomic E-state index is 5.77. The van der Waals surface area contributed by atoms with Gasteiger partial charge in [0, 0.05) is 23.7 Å². The molecule has 1 aliphatic heterocycles. The number of nitrogens with zero attached hydrogens (tertiary/aromatic N) is 1. The van der Waals surface area contributed by atoms with E-state index in [4.69, 9.17) is 18.9 Å². The number of H-pyrrole nitrogens is 1. The van der Waals surface area contributed by atoms with E-state index in [1.54, 1.807) is 14.2 Å². The Morgan fingerprint density at radius 1 is 0.886 bits per heavy atom. The van der Waals surface area contributed by atoms with Crippen LogP contribution in [0.25, 0.3) is 11.3 Å². The van der Waals surface area contributed by atoms with E-state index in [0.29, 0.717) is 19.8 Å². The smallest absolute Gasteiger partial charge is 0.162 e. The normalized spacial score (nSPS) is 13.3. The fraction of sp³-hybridized carbons (Fsp3) is 0.250. The van der Waals surface area contributed by atoms with E-state index < -0.39 is 0 Å². The molecule has 2 heterocycles. The third-order valence-electron chi connectivity index (χ3n) is 6.20. The molecule has 0 spiro atoms. The second kappa shape index (κ2) is 10.5. The molecule has 35 heavy (non-hydrogen) atoms. The van der Waals surface area contributed by atoms with Crippen molar-refractivity contribution in [2.24, 2.45) is 0 Å². The van der Waals surface area contributed by atoms with Crippen LogP contribution in [-0.4, -0.2) is 37.6 Å². The maximum Gasteiger partial charge on any atom is 0.162 e. The molecule has 0 saturated heterocycles. The van der Waals surface area contributed by atoms with Gasteiger partial charge in [-0.1, -0.05) is 24.3 Å². The van der Waals surface area contributed by atoms with Crippen LogP contribution in [0.2, 0.25) is 0 Å². The first-order chi connectivity index (χ1) is 17.2. The Labute approximate surface area is 205 Å². The molecule has 0 amide bonds. The molecule has 7 nitrogen and oxygen atoms in total. The lowest BCUT2D eigenvalue weighted by Gasteiger charge is -2.21. The van der Waals surface area contributed by atoms with Crippen LogP contribution >= 0.6 is 0 Å². The predicted molar refractivity (Wildman–Crippen MR) is 134 cm³/mol. The number of aromatic nitrogens is 2. The standard InChI is InChI=1S/C28H29N3O4/c1-32-23-8-3-19(4-9-23)15-25(20-5-10-24(33-2)11-6-20)29-17-22-18-30-31-28(22)21-7-12-26-27(16-21)35-14-13-34-26/h3-12,16,18,25,29H,13-15,17H2,1-2H3,(H,30,31). The minimum absolute atomic E-state index is 0.0947. The summed E-state index contributed by atoms with van der Waals surface area (Å²) in [6.07, 6.45) is 2.70. The molecule has 0 saturated carbocycles. The van der Waals surface area contributed by atoms with E-state index in [0.717, 1.165) is 46.2 Å². The summed E-state index contributed by atoms with van der Waals surface area (Å²) in [4.78, 5) is 0. The molecule has 0 bridgehead atoms. The highest BCUT2D eigenvalue weighted by atomic mass is 16.6. The zero-order valence-corrected chi connectivity index (χ0v) is 19.9.